The summed E-state index contributed by atoms with van der Waals surface area (Å²) in [6.45, 7) is -0.263. The summed E-state index contributed by atoms with van der Waals surface area (Å²) in [5.74, 6) is -0.268. The van der Waals surface area contributed by atoms with E-state index in [1.807, 2.05) is 0 Å². The van der Waals surface area contributed by atoms with E-state index in [-0.39, 0.29) is 33.2 Å². The normalized spacial score (nSPS) is 11.1. The lowest BCUT2D eigenvalue weighted by Gasteiger charge is -2.10. The molecule has 100 valence electrons. The summed E-state index contributed by atoms with van der Waals surface area (Å²) in [6, 6.07) is 2.43. The zero-order chi connectivity index (χ0) is 13.9. The maximum absolute atomic E-state index is 11.2. The number of halogens is 2. The molecule has 0 aromatic heterocycles. The van der Waals surface area contributed by atoms with Crippen molar-refractivity contribution in [1.82, 2.24) is 5.32 Å². The molecule has 1 aromatic rings. The van der Waals surface area contributed by atoms with Crippen molar-refractivity contribution >= 4 is 39.1 Å². The number of hydrogen-bond donors (Lipinski definition) is 2. The second-order valence-electron chi connectivity index (χ2n) is 3.20. The standard InChI is InChI=1S/C9H10Cl2N2O4S/c1-13-7(14)4-17-5-2-3-6(18(12,15)16)9(11)8(5)10/h2-3H,4H2,1H3,(H,13,14)(H2,12,15,16). The average Bonchev–Trinajstić information content (AvgIpc) is 2.28. The van der Waals surface area contributed by atoms with E-state index in [0.717, 1.165) is 6.07 Å². The third-order valence-corrected chi connectivity index (χ3v) is 3.89. The highest BCUT2D eigenvalue weighted by molar-refractivity contribution is 7.89. The Morgan fingerprint density at radius 3 is 2.50 bits per heavy atom. The Morgan fingerprint density at radius 1 is 1.39 bits per heavy atom. The number of hydrogen-bond acceptors (Lipinski definition) is 4. The fraction of sp³-hybridized carbons (Fsp3) is 0.222. The number of sulfonamides is 1. The first-order chi connectivity index (χ1) is 8.27. The van der Waals surface area contributed by atoms with E-state index < -0.39 is 10.0 Å². The lowest BCUT2D eigenvalue weighted by atomic mass is 10.3. The summed E-state index contributed by atoms with van der Waals surface area (Å²) >= 11 is 11.6. The molecule has 0 aliphatic rings. The third kappa shape index (κ3) is 3.49. The number of carbonyl (C=O) groups is 1. The van der Waals surface area contributed by atoms with Crippen LogP contribution in [-0.2, 0) is 14.8 Å². The Hall–Kier alpha value is -1.02. The summed E-state index contributed by atoms with van der Waals surface area (Å²) < 4.78 is 27.4. The number of rotatable bonds is 4. The number of ether oxygens (including phenoxy) is 1. The molecule has 9 heteroatoms. The maximum Gasteiger partial charge on any atom is 0.257 e. The van der Waals surface area contributed by atoms with Crippen LogP contribution in [-0.4, -0.2) is 28.0 Å². The van der Waals surface area contributed by atoms with Gasteiger partial charge in [-0.05, 0) is 12.1 Å². The van der Waals surface area contributed by atoms with E-state index in [4.69, 9.17) is 33.1 Å². The number of primary sulfonamides is 1. The molecule has 0 spiro atoms. The Balaban J connectivity index is 3.06. The SMILES string of the molecule is CNC(=O)COc1ccc(S(N)(=O)=O)c(Cl)c1Cl. The molecule has 0 unspecified atom stereocenters. The molecule has 0 aliphatic heterocycles. The van der Waals surface area contributed by atoms with Crippen molar-refractivity contribution in [3.05, 3.63) is 22.2 Å². The van der Waals surface area contributed by atoms with Crippen LogP contribution in [0.4, 0.5) is 0 Å². The summed E-state index contributed by atoms with van der Waals surface area (Å²) in [7, 11) is -2.51. The molecule has 0 bridgehead atoms. The molecule has 3 N–H and O–H groups in total. The number of likely N-dealkylation sites (N-methyl/N-ethyl adjacent to an activating group) is 1. The second kappa shape index (κ2) is 5.75. The van der Waals surface area contributed by atoms with Crippen LogP contribution in [0.1, 0.15) is 0 Å². The molecule has 6 nitrogen and oxygen atoms in total. The molecular formula is C9H10Cl2N2O4S. The topological polar surface area (TPSA) is 98.5 Å². The Labute approximate surface area is 114 Å². The number of nitrogens with two attached hydrogens (primary N) is 1. The fourth-order valence-corrected chi connectivity index (χ4v) is 2.42. The van der Waals surface area contributed by atoms with Crippen molar-refractivity contribution in [2.24, 2.45) is 5.14 Å². The summed E-state index contributed by atoms with van der Waals surface area (Å²) in [5, 5.41) is 6.93. The summed E-state index contributed by atoms with van der Waals surface area (Å²) in [5.41, 5.74) is 0. The van der Waals surface area contributed by atoms with Crippen molar-refractivity contribution in [1.29, 1.82) is 0 Å². The van der Waals surface area contributed by atoms with Crippen molar-refractivity contribution < 1.29 is 17.9 Å². The fourth-order valence-electron chi connectivity index (χ4n) is 1.06. The minimum absolute atomic E-state index is 0.0951. The van der Waals surface area contributed by atoms with Crippen molar-refractivity contribution in [2.75, 3.05) is 13.7 Å². The van der Waals surface area contributed by atoms with E-state index in [9.17, 15) is 13.2 Å². The molecule has 0 aliphatic carbocycles. The molecule has 0 heterocycles. The Morgan fingerprint density at radius 2 is 2.00 bits per heavy atom. The number of amides is 1. The van der Waals surface area contributed by atoms with Crippen LogP contribution < -0.4 is 15.2 Å². The van der Waals surface area contributed by atoms with Gasteiger partial charge in [-0.1, -0.05) is 23.2 Å². The molecule has 0 fully saturated rings. The van der Waals surface area contributed by atoms with Gasteiger partial charge in [-0.3, -0.25) is 4.79 Å². The maximum atomic E-state index is 11.2. The van der Waals surface area contributed by atoms with Gasteiger partial charge in [0.05, 0.1) is 5.02 Å². The number of nitrogens with one attached hydrogen (secondary N) is 1. The minimum Gasteiger partial charge on any atom is -0.482 e. The second-order valence-corrected chi connectivity index (χ2v) is 5.48. The summed E-state index contributed by atoms with van der Waals surface area (Å²) in [6.07, 6.45) is 0. The van der Waals surface area contributed by atoms with Gasteiger partial charge in [0.1, 0.15) is 15.7 Å². The predicted molar refractivity (Wildman–Crippen MR) is 67.4 cm³/mol. The van der Waals surface area contributed by atoms with E-state index in [1.165, 1.54) is 13.1 Å². The first-order valence-corrected chi connectivity index (χ1v) is 6.91. The van der Waals surface area contributed by atoms with Gasteiger partial charge < -0.3 is 10.1 Å². The minimum atomic E-state index is -3.96. The number of carbonyl (C=O) groups excluding carboxylic acids is 1. The molecular weight excluding hydrogens is 303 g/mol. The Bertz CT molecular complexity index is 574. The average molecular weight is 313 g/mol. The molecule has 0 radical (unpaired) electrons. The van der Waals surface area contributed by atoms with E-state index >= 15 is 0 Å². The van der Waals surface area contributed by atoms with Gasteiger partial charge >= 0.3 is 0 Å². The van der Waals surface area contributed by atoms with E-state index in [2.05, 4.69) is 5.32 Å². The van der Waals surface area contributed by atoms with Gasteiger partial charge in [-0.15, -0.1) is 0 Å². The zero-order valence-electron chi connectivity index (χ0n) is 9.24. The van der Waals surface area contributed by atoms with Gasteiger partial charge in [-0.25, -0.2) is 13.6 Å². The van der Waals surface area contributed by atoms with Crippen molar-refractivity contribution in [3.8, 4) is 5.75 Å². The molecule has 0 saturated carbocycles. The Kier molecular flexibility index (Phi) is 4.80. The molecule has 0 atom stereocenters. The highest BCUT2D eigenvalue weighted by atomic mass is 35.5. The first-order valence-electron chi connectivity index (χ1n) is 4.61. The molecule has 1 aromatic carbocycles. The van der Waals surface area contributed by atoms with E-state index in [0.29, 0.717) is 0 Å². The largest absolute Gasteiger partial charge is 0.482 e. The van der Waals surface area contributed by atoms with Gasteiger partial charge in [0.2, 0.25) is 10.0 Å². The van der Waals surface area contributed by atoms with Crippen LogP contribution in [0, 0.1) is 0 Å². The lowest BCUT2D eigenvalue weighted by molar-refractivity contribution is -0.122. The molecule has 1 rings (SSSR count). The van der Waals surface area contributed by atoms with Crippen LogP contribution in [0.5, 0.6) is 5.75 Å². The van der Waals surface area contributed by atoms with Crippen LogP contribution in [0.3, 0.4) is 0 Å². The van der Waals surface area contributed by atoms with Gasteiger partial charge in [0.15, 0.2) is 6.61 Å². The quantitative estimate of drug-likeness (QED) is 0.857. The van der Waals surface area contributed by atoms with Crippen molar-refractivity contribution in [2.45, 2.75) is 4.90 Å². The van der Waals surface area contributed by atoms with Gasteiger partial charge in [0, 0.05) is 7.05 Å². The lowest BCUT2D eigenvalue weighted by Crippen LogP contribution is -2.25. The predicted octanol–water partition coefficient (Wildman–Crippen LogP) is 0.766. The van der Waals surface area contributed by atoms with Crippen LogP contribution in [0.25, 0.3) is 0 Å². The van der Waals surface area contributed by atoms with Crippen LogP contribution in [0.2, 0.25) is 10.0 Å². The third-order valence-electron chi connectivity index (χ3n) is 1.96. The highest BCUT2D eigenvalue weighted by Crippen LogP contribution is 2.36. The molecule has 0 saturated heterocycles. The van der Waals surface area contributed by atoms with E-state index in [1.54, 1.807) is 0 Å². The van der Waals surface area contributed by atoms with Crippen LogP contribution >= 0.6 is 23.2 Å². The molecule has 1 amide bonds. The zero-order valence-corrected chi connectivity index (χ0v) is 11.6. The molecule has 18 heavy (non-hydrogen) atoms. The highest BCUT2D eigenvalue weighted by Gasteiger charge is 2.18. The van der Waals surface area contributed by atoms with Crippen molar-refractivity contribution in [3.63, 3.8) is 0 Å². The first kappa shape index (κ1) is 15.0. The smallest absolute Gasteiger partial charge is 0.257 e. The van der Waals surface area contributed by atoms with Gasteiger partial charge in [0.25, 0.3) is 5.91 Å². The monoisotopic (exact) mass is 312 g/mol. The van der Waals surface area contributed by atoms with Gasteiger partial charge in [-0.2, -0.15) is 0 Å². The van der Waals surface area contributed by atoms with Crippen LogP contribution in [0.15, 0.2) is 17.0 Å². The summed E-state index contributed by atoms with van der Waals surface area (Å²) in [4.78, 5) is 10.7. The number of benzene rings is 1.